The first-order valence-electron chi connectivity index (χ1n) is 6.75. The largest absolute Gasteiger partial charge is 0.288 e. The van der Waals surface area contributed by atoms with Crippen molar-refractivity contribution in [3.63, 3.8) is 0 Å². The minimum absolute atomic E-state index is 0.317. The van der Waals surface area contributed by atoms with Crippen molar-refractivity contribution in [1.29, 1.82) is 0 Å². The molecular formula is C17H14F2O. The molecule has 0 bridgehead atoms. The van der Waals surface area contributed by atoms with E-state index in [0.717, 1.165) is 12.1 Å². The second kappa shape index (κ2) is 5.16. The van der Waals surface area contributed by atoms with Crippen molar-refractivity contribution in [2.45, 2.75) is 25.2 Å². The van der Waals surface area contributed by atoms with Crippen LogP contribution in [0.4, 0.5) is 8.78 Å². The molecule has 1 aliphatic rings. The first kappa shape index (κ1) is 13.0. The lowest BCUT2D eigenvalue weighted by Crippen LogP contribution is -2.10. The Bertz CT molecular complexity index is 622. The van der Waals surface area contributed by atoms with Gasteiger partial charge in [-0.05, 0) is 36.5 Å². The van der Waals surface area contributed by atoms with E-state index in [-0.39, 0.29) is 0 Å². The fraction of sp³-hybridized carbons (Fsp3) is 0.235. The van der Waals surface area contributed by atoms with Gasteiger partial charge in [0, 0.05) is 5.56 Å². The smallest absolute Gasteiger partial charge is 0.198 e. The van der Waals surface area contributed by atoms with Gasteiger partial charge in [-0.2, -0.15) is 0 Å². The lowest BCUT2D eigenvalue weighted by molar-refractivity contribution is 0.103. The molecule has 1 aliphatic carbocycles. The van der Waals surface area contributed by atoms with Crippen LogP contribution in [0.3, 0.4) is 0 Å². The molecule has 0 spiro atoms. The number of hydrogen-bond donors (Lipinski definition) is 0. The molecule has 0 aromatic heterocycles. The molecule has 0 heterocycles. The number of ketones is 1. The summed E-state index contributed by atoms with van der Waals surface area (Å²) in [6, 6.07) is 10.5. The maximum atomic E-state index is 13.6. The van der Waals surface area contributed by atoms with Gasteiger partial charge in [-0.1, -0.05) is 36.8 Å². The third-order valence-corrected chi connectivity index (χ3v) is 3.94. The maximum absolute atomic E-state index is 13.6. The predicted octanol–water partition coefficient (Wildman–Crippen LogP) is 4.46. The summed E-state index contributed by atoms with van der Waals surface area (Å²) in [7, 11) is 0. The molecule has 1 nitrogen and oxygen atoms in total. The highest BCUT2D eigenvalue weighted by molar-refractivity contribution is 6.09. The monoisotopic (exact) mass is 272 g/mol. The zero-order valence-electron chi connectivity index (χ0n) is 10.9. The van der Waals surface area contributed by atoms with E-state index in [4.69, 9.17) is 0 Å². The van der Waals surface area contributed by atoms with E-state index in [0.29, 0.717) is 11.5 Å². The predicted molar refractivity (Wildman–Crippen MR) is 72.8 cm³/mol. The molecule has 0 amide bonds. The Kier molecular flexibility index (Phi) is 3.35. The van der Waals surface area contributed by atoms with E-state index in [1.54, 1.807) is 12.1 Å². The van der Waals surface area contributed by atoms with Crippen LogP contribution in [-0.2, 0) is 0 Å². The summed E-state index contributed by atoms with van der Waals surface area (Å²) < 4.78 is 27.2. The van der Waals surface area contributed by atoms with E-state index in [9.17, 15) is 13.6 Å². The highest BCUT2D eigenvalue weighted by atomic mass is 19.1. The fourth-order valence-corrected chi connectivity index (χ4v) is 2.51. The summed E-state index contributed by atoms with van der Waals surface area (Å²) in [4.78, 5) is 12.2. The number of benzene rings is 2. The molecule has 2 aromatic carbocycles. The summed E-state index contributed by atoms with van der Waals surface area (Å²) in [6.07, 6.45) is 3.59. The molecule has 3 rings (SSSR count). The molecule has 102 valence electrons. The van der Waals surface area contributed by atoms with Crippen molar-refractivity contribution in [3.8, 4) is 0 Å². The van der Waals surface area contributed by atoms with Crippen molar-refractivity contribution in [2.24, 2.45) is 0 Å². The summed E-state index contributed by atoms with van der Waals surface area (Å²) in [6.45, 7) is 0. The van der Waals surface area contributed by atoms with Gasteiger partial charge < -0.3 is 0 Å². The van der Waals surface area contributed by atoms with Crippen molar-refractivity contribution in [2.75, 3.05) is 0 Å². The lowest BCUT2D eigenvalue weighted by atomic mass is 9.80. The van der Waals surface area contributed by atoms with Gasteiger partial charge in [0.15, 0.2) is 5.78 Å². The molecule has 0 atom stereocenters. The minimum Gasteiger partial charge on any atom is -0.288 e. The Labute approximate surface area is 116 Å². The molecular weight excluding hydrogens is 258 g/mol. The van der Waals surface area contributed by atoms with E-state index < -0.39 is 23.0 Å². The van der Waals surface area contributed by atoms with Crippen LogP contribution in [0.1, 0.15) is 46.7 Å². The van der Waals surface area contributed by atoms with Gasteiger partial charge in [0.2, 0.25) is 0 Å². The molecule has 3 heteroatoms. The molecule has 0 aliphatic heterocycles. The SMILES string of the molecule is O=C(c1ccc(C2CCC2)cc1)c1c(F)cccc1F. The lowest BCUT2D eigenvalue weighted by Gasteiger charge is -2.25. The Morgan fingerprint density at radius 2 is 1.55 bits per heavy atom. The van der Waals surface area contributed by atoms with Gasteiger partial charge >= 0.3 is 0 Å². The van der Waals surface area contributed by atoms with Gasteiger partial charge in [-0.3, -0.25) is 4.79 Å². The number of hydrogen-bond acceptors (Lipinski definition) is 1. The second-order valence-electron chi connectivity index (χ2n) is 5.18. The molecule has 1 saturated carbocycles. The minimum atomic E-state index is -0.821. The quantitative estimate of drug-likeness (QED) is 0.754. The number of rotatable bonds is 3. The normalized spacial score (nSPS) is 14.9. The molecule has 0 radical (unpaired) electrons. The van der Waals surface area contributed by atoms with Crippen molar-refractivity contribution < 1.29 is 13.6 Å². The standard InChI is InChI=1S/C17H14F2O/c18-14-5-2-6-15(19)16(14)17(20)13-9-7-12(8-10-13)11-3-1-4-11/h2,5-11H,1,3-4H2. The molecule has 20 heavy (non-hydrogen) atoms. The highest BCUT2D eigenvalue weighted by Crippen LogP contribution is 2.36. The molecule has 0 saturated heterocycles. The van der Waals surface area contributed by atoms with Crippen molar-refractivity contribution in [3.05, 3.63) is 70.8 Å². The van der Waals surface area contributed by atoms with Crippen LogP contribution in [-0.4, -0.2) is 5.78 Å². The third-order valence-electron chi connectivity index (χ3n) is 3.94. The van der Waals surface area contributed by atoms with E-state index in [1.165, 1.54) is 30.9 Å². The van der Waals surface area contributed by atoms with E-state index in [1.807, 2.05) is 12.1 Å². The van der Waals surface area contributed by atoms with Gasteiger partial charge in [-0.25, -0.2) is 8.78 Å². The van der Waals surface area contributed by atoms with Crippen LogP contribution in [0.15, 0.2) is 42.5 Å². The van der Waals surface area contributed by atoms with Crippen LogP contribution in [0.2, 0.25) is 0 Å². The summed E-state index contributed by atoms with van der Waals surface area (Å²) in [5.74, 6) is -1.68. The van der Waals surface area contributed by atoms with Crippen LogP contribution >= 0.6 is 0 Å². The zero-order valence-corrected chi connectivity index (χ0v) is 10.9. The van der Waals surface area contributed by atoms with Crippen LogP contribution in [0.5, 0.6) is 0 Å². The van der Waals surface area contributed by atoms with Crippen LogP contribution in [0, 0.1) is 11.6 Å². The summed E-state index contributed by atoms with van der Waals surface area (Å²) in [5.41, 5.74) is 1.03. The average molecular weight is 272 g/mol. The zero-order chi connectivity index (χ0) is 14.1. The first-order chi connectivity index (χ1) is 9.66. The van der Waals surface area contributed by atoms with Crippen molar-refractivity contribution in [1.82, 2.24) is 0 Å². The Balaban J connectivity index is 1.90. The van der Waals surface area contributed by atoms with Crippen LogP contribution in [0.25, 0.3) is 0 Å². The van der Waals surface area contributed by atoms with E-state index >= 15 is 0 Å². The van der Waals surface area contributed by atoms with E-state index in [2.05, 4.69) is 0 Å². The molecule has 0 N–H and O–H groups in total. The number of carbonyl (C=O) groups excluding carboxylic acids is 1. The van der Waals surface area contributed by atoms with Gasteiger partial charge in [0.05, 0.1) is 5.56 Å². The van der Waals surface area contributed by atoms with Gasteiger partial charge in [-0.15, -0.1) is 0 Å². The Hall–Kier alpha value is -2.03. The third kappa shape index (κ3) is 2.24. The summed E-state index contributed by atoms with van der Waals surface area (Å²) in [5, 5.41) is 0. The van der Waals surface area contributed by atoms with Crippen molar-refractivity contribution >= 4 is 5.78 Å². The second-order valence-corrected chi connectivity index (χ2v) is 5.18. The number of halogens is 2. The molecule has 0 unspecified atom stereocenters. The van der Waals surface area contributed by atoms with Gasteiger partial charge in [0.25, 0.3) is 0 Å². The Morgan fingerprint density at radius 3 is 2.05 bits per heavy atom. The molecule has 1 fully saturated rings. The summed E-state index contributed by atoms with van der Waals surface area (Å²) >= 11 is 0. The number of carbonyl (C=O) groups is 1. The maximum Gasteiger partial charge on any atom is 0.198 e. The topological polar surface area (TPSA) is 17.1 Å². The Morgan fingerprint density at radius 1 is 0.950 bits per heavy atom. The highest BCUT2D eigenvalue weighted by Gasteiger charge is 2.21. The fourth-order valence-electron chi connectivity index (χ4n) is 2.51. The average Bonchev–Trinajstić information content (AvgIpc) is 2.37. The first-order valence-corrected chi connectivity index (χ1v) is 6.75. The molecule has 2 aromatic rings. The van der Waals surface area contributed by atoms with Gasteiger partial charge in [0.1, 0.15) is 11.6 Å². The van der Waals surface area contributed by atoms with Crippen LogP contribution < -0.4 is 0 Å².